The summed E-state index contributed by atoms with van der Waals surface area (Å²) >= 11 is 0. The number of fused-ring (bicyclic) bond motifs is 2. The third-order valence-electron chi connectivity index (χ3n) is 5.49. The highest BCUT2D eigenvalue weighted by Gasteiger charge is 2.41. The van der Waals surface area contributed by atoms with E-state index >= 15 is 0 Å². The number of piperidine rings is 1. The van der Waals surface area contributed by atoms with Crippen LogP contribution in [-0.4, -0.2) is 40.8 Å². The molecule has 2 fully saturated rings. The van der Waals surface area contributed by atoms with E-state index in [0.717, 1.165) is 25.7 Å². The van der Waals surface area contributed by atoms with Gasteiger partial charge in [0.2, 0.25) is 5.91 Å². The molecular weight excluding hydrogens is 312 g/mol. The van der Waals surface area contributed by atoms with Crippen molar-refractivity contribution in [3.05, 3.63) is 0 Å². The number of nitrogens with zero attached hydrogens (tertiary/aromatic N) is 1. The molecular formula is C21H38N2O2. The smallest absolute Gasteiger partial charge is 0.234 e. The maximum Gasteiger partial charge on any atom is 0.234 e. The molecule has 4 nitrogen and oxygen atoms in total. The number of carbonyl (C=O) groups excluding carboxylic acids is 2. The van der Waals surface area contributed by atoms with E-state index in [-0.39, 0.29) is 16.9 Å². The Bertz CT molecular complexity index is 473. The Morgan fingerprint density at radius 1 is 1.00 bits per heavy atom. The minimum Gasteiger partial charge on any atom is -0.350 e. The topological polar surface area (TPSA) is 49.4 Å². The van der Waals surface area contributed by atoms with Gasteiger partial charge in [-0.3, -0.25) is 14.5 Å². The van der Waals surface area contributed by atoms with Gasteiger partial charge < -0.3 is 5.32 Å². The van der Waals surface area contributed by atoms with Crippen LogP contribution in [0, 0.1) is 11.3 Å². The minimum atomic E-state index is -0.173. The lowest BCUT2D eigenvalue weighted by molar-refractivity contribution is -0.126. The van der Waals surface area contributed by atoms with Crippen LogP contribution in [0.5, 0.6) is 0 Å². The van der Waals surface area contributed by atoms with Crippen molar-refractivity contribution in [2.45, 2.75) is 104 Å². The fourth-order valence-electron chi connectivity index (χ4n) is 4.37. The standard InChI is InChI=1S/C21H38N2O2/c1-20(2,3)10-9-18(24)13-15-11-16-7-8-17(12-15)23(16)14-19(25)22-21(4,5)6/h15-17H,7-14H2,1-6H3,(H,22,25)/t15?,16-,17+. The van der Waals surface area contributed by atoms with Crippen LogP contribution in [0.3, 0.4) is 0 Å². The molecule has 0 saturated carbocycles. The number of rotatable bonds is 6. The third-order valence-corrected chi connectivity index (χ3v) is 5.49. The van der Waals surface area contributed by atoms with Crippen LogP contribution >= 0.6 is 0 Å². The number of ketones is 1. The number of amides is 1. The van der Waals surface area contributed by atoms with Gasteiger partial charge in [-0.15, -0.1) is 0 Å². The average Bonchev–Trinajstić information content (AvgIpc) is 2.66. The molecule has 2 saturated heterocycles. The van der Waals surface area contributed by atoms with Crippen molar-refractivity contribution in [3.63, 3.8) is 0 Å². The zero-order chi connectivity index (χ0) is 18.8. The predicted octanol–water partition coefficient (Wildman–Crippen LogP) is 3.93. The lowest BCUT2D eigenvalue weighted by atomic mass is 9.84. The van der Waals surface area contributed by atoms with Crippen LogP contribution in [-0.2, 0) is 9.59 Å². The molecule has 2 aliphatic rings. The molecule has 2 bridgehead atoms. The van der Waals surface area contributed by atoms with Gasteiger partial charge in [0.05, 0.1) is 6.54 Å². The quantitative estimate of drug-likeness (QED) is 0.789. The second-order valence-corrected chi connectivity index (χ2v) is 10.5. The Morgan fingerprint density at radius 3 is 2.04 bits per heavy atom. The highest BCUT2D eigenvalue weighted by Crippen LogP contribution is 2.40. The van der Waals surface area contributed by atoms with E-state index in [9.17, 15) is 9.59 Å². The van der Waals surface area contributed by atoms with Gasteiger partial charge in [0.15, 0.2) is 0 Å². The largest absolute Gasteiger partial charge is 0.350 e. The Kier molecular flexibility index (Phi) is 6.35. The highest BCUT2D eigenvalue weighted by molar-refractivity contribution is 5.79. The van der Waals surface area contributed by atoms with Crippen LogP contribution in [0.4, 0.5) is 0 Å². The van der Waals surface area contributed by atoms with E-state index in [1.807, 2.05) is 20.8 Å². The number of carbonyl (C=O) groups is 2. The molecule has 1 unspecified atom stereocenters. The number of Topliss-reactive ketones (excluding diaryl/α,β-unsaturated/α-hetero) is 1. The first-order valence-corrected chi connectivity index (χ1v) is 10.0. The van der Waals surface area contributed by atoms with Gasteiger partial charge in [-0.25, -0.2) is 0 Å². The molecule has 144 valence electrons. The van der Waals surface area contributed by atoms with Gasteiger partial charge in [0.25, 0.3) is 0 Å². The van der Waals surface area contributed by atoms with Crippen molar-refractivity contribution in [2.75, 3.05) is 6.54 Å². The lowest BCUT2D eigenvalue weighted by Gasteiger charge is -2.39. The fraction of sp³-hybridized carbons (Fsp3) is 0.905. The van der Waals surface area contributed by atoms with E-state index < -0.39 is 0 Å². The molecule has 0 spiro atoms. The Morgan fingerprint density at radius 2 is 1.56 bits per heavy atom. The van der Waals surface area contributed by atoms with E-state index in [2.05, 4.69) is 31.0 Å². The van der Waals surface area contributed by atoms with Crippen LogP contribution in [0.15, 0.2) is 0 Å². The van der Waals surface area contributed by atoms with Crippen LogP contribution in [0.2, 0.25) is 0 Å². The maximum atomic E-state index is 12.3. The number of hydrogen-bond donors (Lipinski definition) is 1. The van der Waals surface area contributed by atoms with E-state index in [1.54, 1.807) is 0 Å². The molecule has 2 heterocycles. The van der Waals surface area contributed by atoms with E-state index in [1.165, 1.54) is 12.8 Å². The lowest BCUT2D eigenvalue weighted by Crippen LogP contribution is -2.51. The summed E-state index contributed by atoms with van der Waals surface area (Å²) in [6.45, 7) is 13.2. The van der Waals surface area contributed by atoms with Crippen molar-refractivity contribution in [3.8, 4) is 0 Å². The molecule has 3 atom stereocenters. The summed E-state index contributed by atoms with van der Waals surface area (Å²) < 4.78 is 0. The first kappa shape index (κ1) is 20.4. The van der Waals surface area contributed by atoms with Crippen molar-refractivity contribution in [1.29, 1.82) is 0 Å². The van der Waals surface area contributed by atoms with Gasteiger partial charge in [-0.05, 0) is 64.2 Å². The molecule has 1 amide bonds. The normalized spacial score (nSPS) is 27.4. The summed E-state index contributed by atoms with van der Waals surface area (Å²) in [5.74, 6) is 1.08. The molecule has 0 aromatic rings. The molecule has 2 aliphatic heterocycles. The fourth-order valence-corrected chi connectivity index (χ4v) is 4.37. The van der Waals surface area contributed by atoms with Crippen LogP contribution in [0.1, 0.15) is 86.5 Å². The summed E-state index contributed by atoms with van der Waals surface area (Å²) in [4.78, 5) is 27.0. The summed E-state index contributed by atoms with van der Waals surface area (Å²) in [5, 5.41) is 3.07. The first-order chi connectivity index (χ1) is 11.4. The van der Waals surface area contributed by atoms with Gasteiger partial charge in [0, 0.05) is 30.5 Å². The second-order valence-electron chi connectivity index (χ2n) is 10.5. The average molecular weight is 351 g/mol. The van der Waals surface area contributed by atoms with Crippen LogP contribution < -0.4 is 5.32 Å². The zero-order valence-corrected chi connectivity index (χ0v) is 17.2. The van der Waals surface area contributed by atoms with Gasteiger partial charge in [-0.1, -0.05) is 20.8 Å². The van der Waals surface area contributed by atoms with E-state index in [0.29, 0.717) is 36.8 Å². The molecule has 1 N–H and O–H groups in total. The zero-order valence-electron chi connectivity index (χ0n) is 17.2. The number of nitrogens with one attached hydrogen (secondary N) is 1. The SMILES string of the molecule is CC(C)(C)CCC(=O)CC1C[C@H]2CC[C@@H](C1)N2CC(=O)NC(C)(C)C. The molecule has 0 aromatic carbocycles. The predicted molar refractivity (Wildman–Crippen MR) is 102 cm³/mol. The van der Waals surface area contributed by atoms with Crippen molar-refractivity contribution in [2.24, 2.45) is 11.3 Å². The highest BCUT2D eigenvalue weighted by atomic mass is 16.2. The first-order valence-electron chi connectivity index (χ1n) is 10.0. The summed E-state index contributed by atoms with van der Waals surface area (Å²) in [5.41, 5.74) is 0.0619. The molecule has 0 radical (unpaired) electrons. The van der Waals surface area contributed by atoms with Crippen molar-refractivity contribution < 1.29 is 9.59 Å². The summed E-state index contributed by atoms with van der Waals surface area (Å²) in [7, 11) is 0. The third kappa shape index (κ3) is 6.73. The number of hydrogen-bond acceptors (Lipinski definition) is 3. The summed E-state index contributed by atoms with van der Waals surface area (Å²) in [6.07, 6.45) is 6.96. The maximum absolute atomic E-state index is 12.3. The molecule has 4 heteroatoms. The van der Waals surface area contributed by atoms with Gasteiger partial charge >= 0.3 is 0 Å². The second kappa shape index (κ2) is 7.77. The monoisotopic (exact) mass is 350 g/mol. The Labute approximate surface area is 154 Å². The molecule has 25 heavy (non-hydrogen) atoms. The van der Waals surface area contributed by atoms with Gasteiger partial charge in [0.1, 0.15) is 5.78 Å². The molecule has 2 rings (SSSR count). The Balaban J connectivity index is 1.81. The Hall–Kier alpha value is -0.900. The van der Waals surface area contributed by atoms with Gasteiger partial charge in [-0.2, -0.15) is 0 Å². The van der Waals surface area contributed by atoms with E-state index in [4.69, 9.17) is 0 Å². The molecule has 0 aliphatic carbocycles. The van der Waals surface area contributed by atoms with Crippen molar-refractivity contribution >= 4 is 11.7 Å². The molecule has 0 aromatic heterocycles. The van der Waals surface area contributed by atoms with Crippen LogP contribution in [0.25, 0.3) is 0 Å². The minimum absolute atomic E-state index is 0.129. The summed E-state index contributed by atoms with van der Waals surface area (Å²) in [6, 6.07) is 0.981. The van der Waals surface area contributed by atoms with Crippen molar-refractivity contribution in [1.82, 2.24) is 10.2 Å².